The first-order valence-electron chi connectivity index (χ1n) is 11.3. The Labute approximate surface area is 193 Å². The third-order valence-electron chi connectivity index (χ3n) is 6.18. The van der Waals surface area contributed by atoms with Gasteiger partial charge in [0.1, 0.15) is 23.1 Å². The van der Waals surface area contributed by atoms with Crippen LogP contribution in [0.25, 0.3) is 0 Å². The normalized spacial score (nSPS) is 20.2. The molecule has 172 valence electrons. The molecule has 3 N–H and O–H groups in total. The van der Waals surface area contributed by atoms with E-state index in [1.807, 2.05) is 14.1 Å². The minimum atomic E-state index is -0.663. The zero-order valence-electron chi connectivity index (χ0n) is 18.5. The molecule has 0 amide bonds. The smallest absolute Gasteiger partial charge is 0.225 e. The Hall–Kier alpha value is -2.55. The lowest BCUT2D eigenvalue weighted by Gasteiger charge is -2.31. The van der Waals surface area contributed by atoms with Gasteiger partial charge in [-0.2, -0.15) is 4.98 Å². The van der Waals surface area contributed by atoms with Crippen LogP contribution in [0.1, 0.15) is 49.8 Å². The van der Waals surface area contributed by atoms with Crippen LogP contribution in [0.3, 0.4) is 0 Å². The molecule has 0 spiro atoms. The molecule has 2 aromatic rings. The fraction of sp³-hybridized carbons (Fsp3) is 0.522. The number of halogens is 2. The molecule has 6 nitrogen and oxygen atoms in total. The summed E-state index contributed by atoms with van der Waals surface area (Å²) in [5, 5.41) is 9.61. The fourth-order valence-electron chi connectivity index (χ4n) is 4.53. The van der Waals surface area contributed by atoms with E-state index >= 15 is 0 Å². The van der Waals surface area contributed by atoms with Crippen molar-refractivity contribution >= 4 is 34.8 Å². The van der Waals surface area contributed by atoms with Gasteiger partial charge < -0.3 is 20.9 Å². The van der Waals surface area contributed by atoms with Crippen molar-refractivity contribution in [3.05, 3.63) is 41.1 Å². The van der Waals surface area contributed by atoms with Crippen LogP contribution in [0.15, 0.2) is 18.2 Å². The molecule has 9 heteroatoms. The molecule has 0 atom stereocenters. The van der Waals surface area contributed by atoms with Crippen molar-refractivity contribution in [1.29, 1.82) is 0 Å². The lowest BCUT2D eigenvalue weighted by Crippen LogP contribution is -2.42. The van der Waals surface area contributed by atoms with E-state index in [0.717, 1.165) is 44.3 Å². The Morgan fingerprint density at radius 2 is 1.66 bits per heavy atom. The van der Waals surface area contributed by atoms with E-state index in [1.165, 1.54) is 42.3 Å². The fourth-order valence-corrected chi connectivity index (χ4v) is 4.79. The average molecular weight is 461 g/mol. The average Bonchev–Trinajstić information content (AvgIpc) is 2.77. The number of anilines is 3. The Morgan fingerprint density at radius 3 is 2.34 bits per heavy atom. The number of aromatic nitrogens is 2. The van der Waals surface area contributed by atoms with Crippen LogP contribution in [0.5, 0.6) is 0 Å². The molecular weight excluding hydrogens is 430 g/mol. The van der Waals surface area contributed by atoms with Gasteiger partial charge in [-0.25, -0.2) is 13.8 Å². The van der Waals surface area contributed by atoms with Gasteiger partial charge in [0.05, 0.1) is 5.69 Å². The van der Waals surface area contributed by atoms with E-state index in [9.17, 15) is 8.78 Å². The first-order chi connectivity index (χ1) is 15.4. The lowest BCUT2D eigenvalue weighted by molar-refractivity contribution is 0.387. The molecule has 1 aromatic heterocycles. The number of rotatable bonds is 5. The maximum Gasteiger partial charge on any atom is 0.225 e. The van der Waals surface area contributed by atoms with Gasteiger partial charge in [0.15, 0.2) is 5.11 Å². The minimum Gasteiger partial charge on any atom is -0.362 e. The predicted octanol–water partition coefficient (Wildman–Crippen LogP) is 4.41. The minimum absolute atomic E-state index is 0.157. The Kier molecular flexibility index (Phi) is 7.03. The maximum atomic E-state index is 13.8. The summed E-state index contributed by atoms with van der Waals surface area (Å²) in [6.45, 7) is 0. The van der Waals surface area contributed by atoms with Crippen LogP contribution in [0.4, 0.5) is 26.2 Å². The van der Waals surface area contributed by atoms with Crippen molar-refractivity contribution in [1.82, 2.24) is 15.3 Å². The summed E-state index contributed by atoms with van der Waals surface area (Å²) in [6.07, 6.45) is 8.09. The molecule has 1 fully saturated rings. The number of benzene rings is 1. The second-order valence-electron chi connectivity index (χ2n) is 8.79. The molecule has 1 saturated carbocycles. The van der Waals surface area contributed by atoms with E-state index in [-0.39, 0.29) is 22.9 Å². The molecule has 0 unspecified atom stereocenters. The topological polar surface area (TPSA) is 65.1 Å². The largest absolute Gasteiger partial charge is 0.362 e. The first-order valence-corrected chi connectivity index (χ1v) is 11.7. The molecule has 0 saturated heterocycles. The van der Waals surface area contributed by atoms with Crippen LogP contribution in [0, 0.1) is 11.6 Å². The second-order valence-corrected chi connectivity index (χ2v) is 9.19. The van der Waals surface area contributed by atoms with E-state index in [4.69, 9.17) is 22.2 Å². The molecule has 0 aliphatic heterocycles. The van der Waals surface area contributed by atoms with Crippen LogP contribution in [0.2, 0.25) is 0 Å². The first kappa shape index (κ1) is 22.6. The Balaban J connectivity index is 1.31. The highest BCUT2D eigenvalue weighted by atomic mass is 32.1. The zero-order valence-corrected chi connectivity index (χ0v) is 19.4. The highest BCUT2D eigenvalue weighted by Gasteiger charge is 2.24. The summed E-state index contributed by atoms with van der Waals surface area (Å²) in [5.74, 6) is 0.399. The van der Waals surface area contributed by atoms with E-state index in [1.54, 1.807) is 0 Å². The summed E-state index contributed by atoms with van der Waals surface area (Å²) < 4.78 is 27.6. The standard InChI is InChI=1S/C23H30F2N6S/c1-31(2)21-16-6-3-4-9-19(16)28-22(30-21)26-14-10-12-15(13-11-14)27-23(32)29-20-17(24)7-5-8-18(20)25/h5,7-8,14-15H,3-4,6,9-13H2,1-2H3,(H,26,28,30)(H2,27,29,32)/t14-,15+. The molecule has 2 aliphatic rings. The SMILES string of the molecule is CN(C)c1nc(N[C@H]2CC[C@@H](NC(=S)Nc3c(F)cccc3F)CC2)nc2c1CCCC2. The van der Waals surface area contributed by atoms with Gasteiger partial charge in [-0.1, -0.05) is 6.07 Å². The molecule has 1 aromatic carbocycles. The highest BCUT2D eigenvalue weighted by Crippen LogP contribution is 2.29. The lowest BCUT2D eigenvalue weighted by atomic mass is 9.91. The maximum absolute atomic E-state index is 13.8. The van der Waals surface area contributed by atoms with Crippen LogP contribution < -0.4 is 20.9 Å². The molecule has 1 heterocycles. The van der Waals surface area contributed by atoms with Crippen molar-refractivity contribution < 1.29 is 8.78 Å². The number of hydrogen-bond acceptors (Lipinski definition) is 5. The molecule has 2 aliphatic carbocycles. The number of thiocarbonyl (C=S) groups is 1. The van der Waals surface area contributed by atoms with E-state index < -0.39 is 11.6 Å². The van der Waals surface area contributed by atoms with Crippen molar-refractivity contribution in [2.75, 3.05) is 29.6 Å². The quantitative estimate of drug-likeness (QED) is 0.571. The summed E-state index contributed by atoms with van der Waals surface area (Å²) in [7, 11) is 4.06. The third kappa shape index (κ3) is 5.26. The van der Waals surface area contributed by atoms with Crippen LogP contribution >= 0.6 is 12.2 Å². The van der Waals surface area contributed by atoms with Gasteiger partial charge in [-0.15, -0.1) is 0 Å². The van der Waals surface area contributed by atoms with Gasteiger partial charge >= 0.3 is 0 Å². The van der Waals surface area contributed by atoms with E-state index in [2.05, 4.69) is 20.9 Å². The number of aryl methyl sites for hydroxylation is 1. The number of nitrogens with one attached hydrogen (secondary N) is 3. The van der Waals surface area contributed by atoms with Gasteiger partial charge in [0.2, 0.25) is 5.95 Å². The van der Waals surface area contributed by atoms with Gasteiger partial charge in [0, 0.05) is 31.7 Å². The van der Waals surface area contributed by atoms with Crippen molar-refractivity contribution in [2.45, 2.75) is 63.5 Å². The monoisotopic (exact) mass is 460 g/mol. The molecule has 4 rings (SSSR count). The molecular formula is C23H30F2N6S. The summed E-state index contributed by atoms with van der Waals surface area (Å²) >= 11 is 5.27. The second kappa shape index (κ2) is 9.94. The molecule has 32 heavy (non-hydrogen) atoms. The highest BCUT2D eigenvalue weighted by molar-refractivity contribution is 7.80. The van der Waals surface area contributed by atoms with E-state index in [0.29, 0.717) is 5.95 Å². The Bertz CT molecular complexity index is 955. The van der Waals surface area contributed by atoms with Crippen LogP contribution in [-0.4, -0.2) is 41.3 Å². The number of nitrogens with zero attached hydrogens (tertiary/aromatic N) is 3. The molecule has 0 bridgehead atoms. The predicted molar refractivity (Wildman–Crippen MR) is 128 cm³/mol. The molecule has 0 radical (unpaired) electrons. The summed E-state index contributed by atoms with van der Waals surface area (Å²) in [4.78, 5) is 11.7. The zero-order chi connectivity index (χ0) is 22.7. The van der Waals surface area contributed by atoms with Gasteiger partial charge in [-0.05, 0) is 75.7 Å². The van der Waals surface area contributed by atoms with Gasteiger partial charge in [0.25, 0.3) is 0 Å². The number of hydrogen-bond donors (Lipinski definition) is 3. The summed E-state index contributed by atoms with van der Waals surface area (Å²) in [5.41, 5.74) is 2.23. The van der Waals surface area contributed by atoms with Crippen LogP contribution in [-0.2, 0) is 12.8 Å². The van der Waals surface area contributed by atoms with Gasteiger partial charge in [-0.3, -0.25) is 0 Å². The third-order valence-corrected chi connectivity index (χ3v) is 6.40. The Morgan fingerprint density at radius 1 is 1.00 bits per heavy atom. The van der Waals surface area contributed by atoms with Crippen molar-refractivity contribution in [2.24, 2.45) is 0 Å². The van der Waals surface area contributed by atoms with Crippen molar-refractivity contribution in [3.63, 3.8) is 0 Å². The number of fused-ring (bicyclic) bond motifs is 1. The number of para-hydroxylation sites is 1. The van der Waals surface area contributed by atoms with Crippen molar-refractivity contribution in [3.8, 4) is 0 Å². The summed E-state index contributed by atoms with van der Waals surface area (Å²) in [6, 6.07) is 4.18.